The van der Waals surface area contributed by atoms with Crippen molar-refractivity contribution in [3.05, 3.63) is 29.8 Å². The zero-order chi connectivity index (χ0) is 12.4. The number of nitrogens with zero attached hydrogens (tertiary/aromatic N) is 1. The second-order valence-electron chi connectivity index (χ2n) is 4.35. The van der Waals surface area contributed by atoms with Gasteiger partial charge in [-0.05, 0) is 19.4 Å². The first-order chi connectivity index (χ1) is 8.15. The molecule has 0 saturated heterocycles. The number of anilines is 1. The van der Waals surface area contributed by atoms with Crippen molar-refractivity contribution in [1.29, 1.82) is 0 Å². The maximum atomic E-state index is 11.7. The van der Waals surface area contributed by atoms with Crippen molar-refractivity contribution < 1.29 is 9.90 Å². The van der Waals surface area contributed by atoms with E-state index in [1.165, 1.54) is 0 Å². The molecule has 1 amide bonds. The number of para-hydroxylation sites is 1. The molecule has 2 rings (SSSR count). The van der Waals surface area contributed by atoms with Gasteiger partial charge >= 0.3 is 0 Å². The lowest BCUT2D eigenvalue weighted by Gasteiger charge is -2.37. The Kier molecular flexibility index (Phi) is 3.33. The SMILES string of the molecule is CNC(=O)C(C)N1CCC(O)c2ccccc21. The van der Waals surface area contributed by atoms with Crippen LogP contribution in [0.25, 0.3) is 0 Å². The topological polar surface area (TPSA) is 52.6 Å². The molecule has 0 saturated carbocycles. The van der Waals surface area contributed by atoms with Gasteiger partial charge in [0, 0.05) is 24.8 Å². The van der Waals surface area contributed by atoms with Gasteiger partial charge in [0.25, 0.3) is 0 Å². The van der Waals surface area contributed by atoms with Crippen LogP contribution in [0.3, 0.4) is 0 Å². The third-order valence-corrected chi connectivity index (χ3v) is 3.34. The van der Waals surface area contributed by atoms with Gasteiger partial charge in [-0.2, -0.15) is 0 Å². The molecule has 0 aliphatic carbocycles. The average Bonchev–Trinajstić information content (AvgIpc) is 2.38. The number of carbonyl (C=O) groups is 1. The Morgan fingerprint density at radius 2 is 2.24 bits per heavy atom. The lowest BCUT2D eigenvalue weighted by Crippen LogP contribution is -2.46. The number of aliphatic hydroxyl groups excluding tert-OH is 1. The van der Waals surface area contributed by atoms with Crippen molar-refractivity contribution in [3.63, 3.8) is 0 Å². The van der Waals surface area contributed by atoms with Gasteiger partial charge in [0.2, 0.25) is 5.91 Å². The summed E-state index contributed by atoms with van der Waals surface area (Å²) in [5.41, 5.74) is 1.87. The minimum Gasteiger partial charge on any atom is -0.388 e. The molecule has 0 radical (unpaired) electrons. The van der Waals surface area contributed by atoms with Crippen LogP contribution in [0.4, 0.5) is 5.69 Å². The third kappa shape index (κ3) is 2.13. The Bertz CT molecular complexity index is 420. The standard InChI is InChI=1S/C13H18N2O2/c1-9(13(17)14-2)15-8-7-12(16)10-5-3-4-6-11(10)15/h3-6,9,12,16H,7-8H2,1-2H3,(H,14,17). The van der Waals surface area contributed by atoms with Crippen LogP contribution >= 0.6 is 0 Å². The fourth-order valence-electron chi connectivity index (χ4n) is 2.32. The van der Waals surface area contributed by atoms with E-state index in [4.69, 9.17) is 0 Å². The minimum atomic E-state index is -0.417. The molecule has 1 aromatic rings. The van der Waals surface area contributed by atoms with Crippen molar-refractivity contribution in [3.8, 4) is 0 Å². The van der Waals surface area contributed by atoms with E-state index in [0.717, 1.165) is 11.3 Å². The Morgan fingerprint density at radius 3 is 2.94 bits per heavy atom. The summed E-state index contributed by atoms with van der Waals surface area (Å²) in [6.07, 6.45) is 0.248. The normalized spacial score (nSPS) is 20.6. The zero-order valence-electron chi connectivity index (χ0n) is 10.2. The summed E-state index contributed by atoms with van der Waals surface area (Å²) in [5, 5.41) is 12.6. The first-order valence-corrected chi connectivity index (χ1v) is 5.90. The second kappa shape index (κ2) is 4.75. The third-order valence-electron chi connectivity index (χ3n) is 3.34. The van der Waals surface area contributed by atoms with E-state index in [1.54, 1.807) is 7.05 Å². The van der Waals surface area contributed by atoms with Crippen molar-refractivity contribution in [1.82, 2.24) is 5.32 Å². The molecule has 0 aromatic heterocycles. The first kappa shape index (κ1) is 11.9. The highest BCUT2D eigenvalue weighted by atomic mass is 16.3. The van der Waals surface area contributed by atoms with Crippen LogP contribution in [0.2, 0.25) is 0 Å². The summed E-state index contributed by atoms with van der Waals surface area (Å²) in [6.45, 7) is 2.58. The van der Waals surface area contributed by atoms with Gasteiger partial charge in [0.1, 0.15) is 6.04 Å². The van der Waals surface area contributed by atoms with E-state index in [0.29, 0.717) is 13.0 Å². The maximum absolute atomic E-state index is 11.7. The molecule has 4 nitrogen and oxygen atoms in total. The summed E-state index contributed by atoms with van der Waals surface area (Å²) in [7, 11) is 1.64. The molecule has 92 valence electrons. The summed E-state index contributed by atoms with van der Waals surface area (Å²) < 4.78 is 0. The largest absolute Gasteiger partial charge is 0.388 e. The van der Waals surface area contributed by atoms with Crippen molar-refractivity contribution in [2.24, 2.45) is 0 Å². The van der Waals surface area contributed by atoms with Crippen LogP contribution in [0, 0.1) is 0 Å². The quantitative estimate of drug-likeness (QED) is 0.804. The Hall–Kier alpha value is -1.55. The molecule has 17 heavy (non-hydrogen) atoms. The van der Waals surface area contributed by atoms with Gasteiger partial charge < -0.3 is 15.3 Å². The highest BCUT2D eigenvalue weighted by Gasteiger charge is 2.28. The van der Waals surface area contributed by atoms with Crippen LogP contribution in [-0.2, 0) is 4.79 Å². The molecule has 2 atom stereocenters. The molecule has 1 aliphatic rings. The number of rotatable bonds is 2. The van der Waals surface area contributed by atoms with Crippen LogP contribution in [0.5, 0.6) is 0 Å². The number of amides is 1. The number of aliphatic hydroxyl groups is 1. The van der Waals surface area contributed by atoms with Gasteiger partial charge in [0.05, 0.1) is 6.10 Å². The number of fused-ring (bicyclic) bond motifs is 1. The first-order valence-electron chi connectivity index (χ1n) is 5.90. The lowest BCUT2D eigenvalue weighted by atomic mass is 9.97. The number of carbonyl (C=O) groups excluding carboxylic acids is 1. The van der Waals surface area contributed by atoms with Crippen molar-refractivity contribution in [2.75, 3.05) is 18.5 Å². The van der Waals surface area contributed by atoms with Gasteiger partial charge in [-0.15, -0.1) is 0 Å². The molecule has 1 aromatic carbocycles. The predicted molar refractivity (Wildman–Crippen MR) is 66.9 cm³/mol. The maximum Gasteiger partial charge on any atom is 0.242 e. The van der Waals surface area contributed by atoms with Crippen LogP contribution < -0.4 is 10.2 Å². The van der Waals surface area contributed by atoms with Crippen LogP contribution in [0.15, 0.2) is 24.3 Å². The number of benzene rings is 1. The van der Waals surface area contributed by atoms with E-state index in [-0.39, 0.29) is 11.9 Å². The highest BCUT2D eigenvalue weighted by molar-refractivity contribution is 5.85. The predicted octanol–water partition coefficient (Wildman–Crippen LogP) is 1.06. The lowest BCUT2D eigenvalue weighted by molar-refractivity contribution is -0.121. The monoisotopic (exact) mass is 234 g/mol. The summed E-state index contributed by atoms with van der Waals surface area (Å²) in [6, 6.07) is 7.50. The van der Waals surface area contributed by atoms with E-state index in [2.05, 4.69) is 5.32 Å². The Morgan fingerprint density at radius 1 is 1.53 bits per heavy atom. The molecular formula is C13H18N2O2. The molecule has 0 spiro atoms. The van der Waals surface area contributed by atoms with E-state index in [1.807, 2.05) is 36.1 Å². The molecular weight excluding hydrogens is 216 g/mol. The van der Waals surface area contributed by atoms with Crippen LogP contribution in [-0.4, -0.2) is 30.6 Å². The summed E-state index contributed by atoms with van der Waals surface area (Å²) in [4.78, 5) is 13.7. The van der Waals surface area contributed by atoms with E-state index < -0.39 is 6.10 Å². The molecule has 1 heterocycles. The Balaban J connectivity index is 2.33. The molecule has 0 fully saturated rings. The van der Waals surface area contributed by atoms with Gasteiger partial charge in [-0.1, -0.05) is 18.2 Å². The van der Waals surface area contributed by atoms with Crippen molar-refractivity contribution >= 4 is 11.6 Å². The molecule has 1 aliphatic heterocycles. The minimum absolute atomic E-state index is 0.00353. The molecule has 0 bridgehead atoms. The highest BCUT2D eigenvalue weighted by Crippen LogP contribution is 2.34. The van der Waals surface area contributed by atoms with Gasteiger partial charge in [0.15, 0.2) is 0 Å². The summed E-state index contributed by atoms with van der Waals surface area (Å²) in [5.74, 6) is -0.00353. The van der Waals surface area contributed by atoms with Crippen LogP contribution in [0.1, 0.15) is 25.0 Å². The smallest absolute Gasteiger partial charge is 0.242 e. The fraction of sp³-hybridized carbons (Fsp3) is 0.462. The zero-order valence-corrected chi connectivity index (χ0v) is 10.2. The van der Waals surface area contributed by atoms with Gasteiger partial charge in [-0.25, -0.2) is 0 Å². The summed E-state index contributed by atoms with van der Waals surface area (Å²) >= 11 is 0. The second-order valence-corrected chi connectivity index (χ2v) is 4.35. The average molecular weight is 234 g/mol. The van der Waals surface area contributed by atoms with Crippen molar-refractivity contribution in [2.45, 2.75) is 25.5 Å². The Labute approximate surface area is 101 Å². The molecule has 2 N–H and O–H groups in total. The molecule has 4 heteroatoms. The van der Waals surface area contributed by atoms with E-state index >= 15 is 0 Å². The number of likely N-dealkylation sites (N-methyl/N-ethyl adjacent to an activating group) is 1. The fourth-order valence-corrected chi connectivity index (χ4v) is 2.32. The number of nitrogens with one attached hydrogen (secondary N) is 1. The van der Waals surface area contributed by atoms with E-state index in [9.17, 15) is 9.90 Å². The number of hydrogen-bond acceptors (Lipinski definition) is 3. The van der Waals surface area contributed by atoms with Gasteiger partial charge in [-0.3, -0.25) is 4.79 Å². The molecule has 2 unspecified atom stereocenters. The number of hydrogen-bond donors (Lipinski definition) is 2.